The summed E-state index contributed by atoms with van der Waals surface area (Å²) in [5, 5.41) is 3.01. The summed E-state index contributed by atoms with van der Waals surface area (Å²) >= 11 is 0. The number of hydrogen-bond donors (Lipinski definition) is 1. The number of amides is 1. The van der Waals surface area contributed by atoms with Gasteiger partial charge < -0.3 is 19.5 Å². The minimum Gasteiger partial charge on any atom is -0.497 e. The number of nitrogens with one attached hydrogen (secondary N) is 1. The van der Waals surface area contributed by atoms with Gasteiger partial charge in [0.05, 0.1) is 20.3 Å². The number of hydrogen-bond acceptors (Lipinski definition) is 4. The van der Waals surface area contributed by atoms with Crippen molar-refractivity contribution in [2.24, 2.45) is 0 Å². The van der Waals surface area contributed by atoms with Gasteiger partial charge in [-0.05, 0) is 48.9 Å². The van der Waals surface area contributed by atoms with Crippen molar-refractivity contribution in [3.63, 3.8) is 0 Å². The largest absolute Gasteiger partial charge is 0.497 e. The molecule has 0 bridgehead atoms. The Labute approximate surface area is 171 Å². The Morgan fingerprint density at radius 3 is 2.41 bits per heavy atom. The zero-order chi connectivity index (χ0) is 20.6. The van der Waals surface area contributed by atoms with Crippen molar-refractivity contribution in [2.75, 3.05) is 14.2 Å². The maximum Gasteiger partial charge on any atom is 0.251 e. The van der Waals surface area contributed by atoms with Gasteiger partial charge in [0.1, 0.15) is 23.9 Å². The predicted molar refractivity (Wildman–Crippen MR) is 113 cm³/mol. The van der Waals surface area contributed by atoms with Gasteiger partial charge in [-0.1, -0.05) is 36.4 Å². The molecule has 150 valence electrons. The first-order valence-electron chi connectivity index (χ1n) is 9.40. The molecule has 1 N–H and O–H groups in total. The molecule has 0 aromatic heterocycles. The van der Waals surface area contributed by atoms with Gasteiger partial charge in [-0.25, -0.2) is 0 Å². The summed E-state index contributed by atoms with van der Waals surface area (Å²) in [7, 11) is 3.21. The van der Waals surface area contributed by atoms with Gasteiger partial charge in [0.2, 0.25) is 0 Å². The molecule has 5 nitrogen and oxygen atoms in total. The average molecular weight is 391 g/mol. The van der Waals surface area contributed by atoms with E-state index in [1.165, 1.54) is 0 Å². The van der Waals surface area contributed by atoms with E-state index >= 15 is 0 Å². The van der Waals surface area contributed by atoms with E-state index in [9.17, 15) is 4.79 Å². The molecule has 1 amide bonds. The zero-order valence-electron chi connectivity index (χ0n) is 16.8. The molecule has 0 spiro atoms. The molecule has 5 heteroatoms. The van der Waals surface area contributed by atoms with Crippen LogP contribution in [0.15, 0.2) is 72.8 Å². The monoisotopic (exact) mass is 391 g/mol. The standard InChI is InChI=1S/C24H25NO4/c1-17(22-15-20(27-2)12-13-23(22)28-3)25-24(26)19-10-7-11-21(14-19)29-16-18-8-5-4-6-9-18/h4-15,17H,16H2,1-3H3,(H,25,26)/t17-/m1/s1. The molecule has 0 radical (unpaired) electrons. The molecule has 3 aromatic rings. The van der Waals surface area contributed by atoms with E-state index in [4.69, 9.17) is 14.2 Å². The van der Waals surface area contributed by atoms with Crippen molar-refractivity contribution >= 4 is 5.91 Å². The van der Waals surface area contributed by atoms with E-state index in [-0.39, 0.29) is 11.9 Å². The SMILES string of the molecule is COc1ccc(OC)c([C@@H](C)NC(=O)c2cccc(OCc3ccccc3)c2)c1. The van der Waals surface area contributed by atoms with Crippen molar-refractivity contribution in [3.8, 4) is 17.2 Å². The van der Waals surface area contributed by atoms with Gasteiger partial charge in [-0.2, -0.15) is 0 Å². The smallest absolute Gasteiger partial charge is 0.251 e. The number of methoxy groups -OCH3 is 2. The van der Waals surface area contributed by atoms with Crippen molar-refractivity contribution in [1.82, 2.24) is 5.32 Å². The van der Waals surface area contributed by atoms with Crippen LogP contribution in [0.25, 0.3) is 0 Å². The Hall–Kier alpha value is -3.47. The second-order valence-electron chi connectivity index (χ2n) is 6.61. The predicted octanol–water partition coefficient (Wildman–Crippen LogP) is 4.77. The highest BCUT2D eigenvalue weighted by atomic mass is 16.5. The molecule has 0 fully saturated rings. The Morgan fingerprint density at radius 1 is 0.897 bits per heavy atom. The van der Waals surface area contributed by atoms with Gasteiger partial charge in [-0.15, -0.1) is 0 Å². The number of ether oxygens (including phenoxy) is 3. The van der Waals surface area contributed by atoms with E-state index in [1.807, 2.05) is 67.6 Å². The van der Waals surface area contributed by atoms with Gasteiger partial charge in [-0.3, -0.25) is 4.79 Å². The lowest BCUT2D eigenvalue weighted by atomic mass is 10.1. The molecule has 0 saturated carbocycles. The van der Waals surface area contributed by atoms with E-state index in [2.05, 4.69) is 5.32 Å². The summed E-state index contributed by atoms with van der Waals surface area (Å²) in [5.74, 6) is 1.86. The summed E-state index contributed by atoms with van der Waals surface area (Å²) < 4.78 is 16.5. The molecule has 0 unspecified atom stereocenters. The molecule has 0 heterocycles. The fourth-order valence-corrected chi connectivity index (χ4v) is 3.00. The van der Waals surface area contributed by atoms with Crippen LogP contribution in [0.4, 0.5) is 0 Å². The zero-order valence-corrected chi connectivity index (χ0v) is 16.8. The van der Waals surface area contributed by atoms with Gasteiger partial charge in [0.15, 0.2) is 0 Å². The molecule has 0 aliphatic rings. The highest BCUT2D eigenvalue weighted by Gasteiger charge is 2.16. The van der Waals surface area contributed by atoms with Crippen molar-refractivity contribution in [3.05, 3.63) is 89.5 Å². The molecule has 29 heavy (non-hydrogen) atoms. The van der Waals surface area contributed by atoms with Crippen molar-refractivity contribution in [2.45, 2.75) is 19.6 Å². The first-order chi connectivity index (χ1) is 14.1. The summed E-state index contributed by atoms with van der Waals surface area (Å²) in [6.45, 7) is 2.36. The van der Waals surface area contributed by atoms with Gasteiger partial charge >= 0.3 is 0 Å². The molecule has 3 rings (SSSR count). The summed E-state index contributed by atoms with van der Waals surface area (Å²) in [6, 6.07) is 22.3. The van der Waals surface area contributed by atoms with E-state index in [1.54, 1.807) is 26.4 Å². The number of rotatable bonds is 8. The van der Waals surface area contributed by atoms with Crippen LogP contribution >= 0.6 is 0 Å². The average Bonchev–Trinajstić information content (AvgIpc) is 2.78. The molecule has 3 aromatic carbocycles. The third kappa shape index (κ3) is 5.29. The molecular formula is C24H25NO4. The van der Waals surface area contributed by atoms with Crippen LogP contribution < -0.4 is 19.5 Å². The molecule has 0 aliphatic carbocycles. The summed E-state index contributed by atoms with van der Waals surface area (Å²) in [5.41, 5.74) is 2.45. The van der Waals surface area contributed by atoms with Crippen LogP contribution in [0.3, 0.4) is 0 Å². The Kier molecular flexibility index (Phi) is 6.74. The molecule has 1 atom stereocenters. The summed E-state index contributed by atoms with van der Waals surface area (Å²) in [6.07, 6.45) is 0. The first-order valence-corrected chi connectivity index (χ1v) is 9.40. The molecule has 0 saturated heterocycles. The second kappa shape index (κ2) is 9.64. The first kappa shape index (κ1) is 20.3. The highest BCUT2D eigenvalue weighted by molar-refractivity contribution is 5.94. The second-order valence-corrected chi connectivity index (χ2v) is 6.61. The van der Waals surface area contributed by atoms with E-state index < -0.39 is 0 Å². The maximum atomic E-state index is 12.8. The van der Waals surface area contributed by atoms with Crippen LogP contribution in [0, 0.1) is 0 Å². The lowest BCUT2D eigenvalue weighted by molar-refractivity contribution is 0.0939. The molecular weight excluding hydrogens is 366 g/mol. The topological polar surface area (TPSA) is 56.8 Å². The Balaban J connectivity index is 1.69. The van der Waals surface area contributed by atoms with Crippen molar-refractivity contribution in [1.29, 1.82) is 0 Å². The third-order valence-electron chi connectivity index (χ3n) is 4.60. The van der Waals surface area contributed by atoms with Crippen LogP contribution in [0.5, 0.6) is 17.2 Å². The van der Waals surface area contributed by atoms with E-state index in [0.29, 0.717) is 29.4 Å². The van der Waals surface area contributed by atoms with Gasteiger partial charge in [0, 0.05) is 11.1 Å². The molecule has 0 aliphatic heterocycles. The number of carbonyl (C=O) groups excluding carboxylic acids is 1. The maximum absolute atomic E-state index is 12.8. The Bertz CT molecular complexity index is 956. The number of carbonyl (C=O) groups is 1. The normalized spacial score (nSPS) is 11.4. The van der Waals surface area contributed by atoms with Crippen LogP contribution in [-0.4, -0.2) is 20.1 Å². The fraction of sp³-hybridized carbons (Fsp3) is 0.208. The minimum atomic E-state index is -0.263. The Morgan fingerprint density at radius 2 is 1.69 bits per heavy atom. The van der Waals surface area contributed by atoms with Crippen LogP contribution in [0.1, 0.15) is 34.5 Å². The lowest BCUT2D eigenvalue weighted by Crippen LogP contribution is -2.27. The van der Waals surface area contributed by atoms with Crippen molar-refractivity contribution < 1.29 is 19.0 Å². The third-order valence-corrected chi connectivity index (χ3v) is 4.60. The minimum absolute atomic E-state index is 0.187. The number of benzene rings is 3. The van der Waals surface area contributed by atoms with Crippen LogP contribution in [0.2, 0.25) is 0 Å². The van der Waals surface area contributed by atoms with E-state index in [0.717, 1.165) is 11.1 Å². The highest BCUT2D eigenvalue weighted by Crippen LogP contribution is 2.29. The lowest BCUT2D eigenvalue weighted by Gasteiger charge is -2.18. The summed E-state index contributed by atoms with van der Waals surface area (Å²) in [4.78, 5) is 12.8. The van der Waals surface area contributed by atoms with Gasteiger partial charge in [0.25, 0.3) is 5.91 Å². The quantitative estimate of drug-likeness (QED) is 0.601. The van der Waals surface area contributed by atoms with Crippen LogP contribution in [-0.2, 0) is 6.61 Å². The fourth-order valence-electron chi connectivity index (χ4n) is 3.00.